The van der Waals surface area contributed by atoms with Crippen LogP contribution in [0.25, 0.3) is 22.0 Å². The predicted octanol–water partition coefficient (Wildman–Crippen LogP) is 2.96. The van der Waals surface area contributed by atoms with Crippen molar-refractivity contribution >= 4 is 52.0 Å². The van der Waals surface area contributed by atoms with Crippen LogP contribution in [0.1, 0.15) is 17.0 Å². The Morgan fingerprint density at radius 1 is 1.11 bits per heavy atom. The van der Waals surface area contributed by atoms with E-state index in [9.17, 15) is 4.79 Å². The summed E-state index contributed by atoms with van der Waals surface area (Å²) in [6, 6.07) is 5.91. The number of hydrogen-bond acceptors (Lipinski definition) is 10. The highest BCUT2D eigenvalue weighted by Crippen LogP contribution is 2.36. The van der Waals surface area contributed by atoms with E-state index in [-0.39, 0.29) is 12.5 Å². The summed E-state index contributed by atoms with van der Waals surface area (Å²) in [7, 11) is 3.84. The number of anilines is 4. The second-order valence-corrected chi connectivity index (χ2v) is 10.2. The predicted molar refractivity (Wildman–Crippen MR) is 141 cm³/mol. The topological polar surface area (TPSA) is 130 Å². The molecule has 36 heavy (non-hydrogen) atoms. The van der Waals surface area contributed by atoms with Gasteiger partial charge in [-0.15, -0.1) is 0 Å². The van der Waals surface area contributed by atoms with Gasteiger partial charge in [0.25, 0.3) is 0 Å². The summed E-state index contributed by atoms with van der Waals surface area (Å²) < 4.78 is 7.23. The number of hydrogen-bond donors (Lipinski definition) is 3. The van der Waals surface area contributed by atoms with Crippen LogP contribution in [0, 0.1) is 6.92 Å². The van der Waals surface area contributed by atoms with E-state index >= 15 is 0 Å². The third-order valence-electron chi connectivity index (χ3n) is 6.65. The Morgan fingerprint density at radius 2 is 1.97 bits per heavy atom. The highest BCUT2D eigenvalue weighted by Gasteiger charge is 2.21. The van der Waals surface area contributed by atoms with Crippen LogP contribution in [-0.2, 0) is 24.3 Å². The van der Waals surface area contributed by atoms with Gasteiger partial charge < -0.3 is 20.7 Å². The summed E-state index contributed by atoms with van der Waals surface area (Å²) in [6.07, 6.45) is 4.34. The zero-order chi connectivity index (χ0) is 25.0. The van der Waals surface area contributed by atoms with Gasteiger partial charge in [0, 0.05) is 67.3 Å². The lowest BCUT2D eigenvalue weighted by atomic mass is 10.0. The molecule has 6 rings (SSSR count). The highest BCUT2D eigenvalue weighted by molar-refractivity contribution is 7.98. The summed E-state index contributed by atoms with van der Waals surface area (Å²) in [5, 5.41) is 9.53. The number of nitrogens with two attached hydrogens (primary N) is 1. The molecule has 4 aromatic rings. The maximum Gasteiger partial charge on any atom is 0.244 e. The third-order valence-corrected chi connectivity index (χ3v) is 7.38. The lowest BCUT2D eigenvalue weighted by molar-refractivity contribution is -0.130. The molecule has 0 saturated carbocycles. The Hall–Kier alpha value is -3.90. The first-order valence-electron chi connectivity index (χ1n) is 11.6. The Bertz CT molecular complexity index is 1520. The summed E-state index contributed by atoms with van der Waals surface area (Å²) in [4.78, 5) is 27.8. The van der Waals surface area contributed by atoms with Crippen LogP contribution >= 0.6 is 12.1 Å². The highest BCUT2D eigenvalue weighted by atomic mass is 32.2. The molecule has 11 nitrogen and oxygen atoms in total. The number of nitrogen functional groups attached to an aromatic ring is 1. The largest absolute Gasteiger partial charge is 0.383 e. The molecule has 6 heterocycles. The molecule has 2 aliphatic rings. The molecular weight excluding hydrogens is 476 g/mol. The number of pyridine rings is 3. The Balaban J connectivity index is 1.33. The van der Waals surface area contributed by atoms with Gasteiger partial charge in [0.05, 0.1) is 23.6 Å². The normalized spacial score (nSPS) is 15.9. The Labute approximate surface area is 212 Å². The molecule has 1 amide bonds. The fraction of sp³-hybridized carbons (Fsp3) is 0.292. The first-order chi connectivity index (χ1) is 17.4. The Morgan fingerprint density at radius 3 is 2.83 bits per heavy atom. The molecule has 0 aliphatic carbocycles. The minimum Gasteiger partial charge on any atom is -0.383 e. The molecule has 0 aromatic carbocycles. The standard InChI is InChI=1S/C24H26N10OS/c1-13-16(9-26-19-11-33(3)36-31-23(13)19)18-6-14-7-20(27-10-17(14)24(25)28-18)29-21-8-15-4-5-32(2)22(35)12-34(15)30-21/h6-10,31H,4-5,11-12H2,1-3H3,(H2,25,28)(H,27,29,30). The first kappa shape index (κ1) is 22.6. The second-order valence-electron chi connectivity index (χ2n) is 9.15. The van der Waals surface area contributed by atoms with Crippen molar-refractivity contribution in [2.75, 3.05) is 36.4 Å². The van der Waals surface area contributed by atoms with Crippen LogP contribution < -0.4 is 15.8 Å². The molecule has 12 heteroatoms. The van der Waals surface area contributed by atoms with E-state index < -0.39 is 0 Å². The maximum atomic E-state index is 12.2. The van der Waals surface area contributed by atoms with E-state index in [1.54, 1.807) is 27.9 Å². The third kappa shape index (κ3) is 3.97. The van der Waals surface area contributed by atoms with Crippen LogP contribution in [0.5, 0.6) is 0 Å². The quantitative estimate of drug-likeness (QED) is 0.359. The molecule has 0 fully saturated rings. The molecule has 0 unspecified atom stereocenters. The van der Waals surface area contributed by atoms with Crippen molar-refractivity contribution in [3.8, 4) is 11.3 Å². The van der Waals surface area contributed by atoms with Gasteiger partial charge in [0.1, 0.15) is 18.2 Å². The van der Waals surface area contributed by atoms with E-state index in [4.69, 9.17) is 5.73 Å². The lowest BCUT2D eigenvalue weighted by Gasteiger charge is -2.26. The van der Waals surface area contributed by atoms with E-state index in [0.717, 1.165) is 57.6 Å². The van der Waals surface area contributed by atoms with Crippen LogP contribution in [-0.4, -0.2) is 60.5 Å². The molecule has 0 radical (unpaired) electrons. The number of carbonyl (C=O) groups is 1. The number of likely N-dealkylation sites (N-methyl/N-ethyl adjacent to an activating group) is 1. The molecule has 2 aliphatic heterocycles. The van der Waals surface area contributed by atoms with Gasteiger partial charge in [-0.05, 0) is 37.1 Å². The van der Waals surface area contributed by atoms with Crippen molar-refractivity contribution in [3.05, 3.63) is 47.5 Å². The second kappa shape index (κ2) is 8.64. The molecule has 0 atom stereocenters. The van der Waals surface area contributed by atoms with Crippen molar-refractivity contribution < 1.29 is 4.79 Å². The van der Waals surface area contributed by atoms with Crippen molar-refractivity contribution in [1.82, 2.24) is 33.9 Å². The molecule has 184 valence electrons. The van der Waals surface area contributed by atoms with Gasteiger partial charge in [-0.25, -0.2) is 14.3 Å². The molecule has 0 bridgehead atoms. The summed E-state index contributed by atoms with van der Waals surface area (Å²) in [5.41, 5.74) is 12.2. The van der Waals surface area contributed by atoms with Gasteiger partial charge in [-0.2, -0.15) is 5.10 Å². The van der Waals surface area contributed by atoms with Gasteiger partial charge in [-0.1, -0.05) is 0 Å². The summed E-state index contributed by atoms with van der Waals surface area (Å²) in [5.74, 6) is 1.75. The Kier molecular flexibility index (Phi) is 5.41. The van der Waals surface area contributed by atoms with Gasteiger partial charge in [-0.3, -0.25) is 14.5 Å². The zero-order valence-electron chi connectivity index (χ0n) is 20.2. The van der Waals surface area contributed by atoms with E-state index in [0.29, 0.717) is 24.0 Å². The molecule has 4 aromatic heterocycles. The van der Waals surface area contributed by atoms with E-state index in [1.807, 2.05) is 38.5 Å². The van der Waals surface area contributed by atoms with Crippen molar-refractivity contribution in [3.63, 3.8) is 0 Å². The number of nitrogens with one attached hydrogen (secondary N) is 2. The van der Waals surface area contributed by atoms with Crippen LogP contribution in [0.4, 0.5) is 23.1 Å². The summed E-state index contributed by atoms with van der Waals surface area (Å²) >= 11 is 1.55. The number of fused-ring (bicyclic) bond motifs is 3. The van der Waals surface area contributed by atoms with Crippen LogP contribution in [0.15, 0.2) is 30.6 Å². The molecular formula is C24H26N10OS. The smallest absolute Gasteiger partial charge is 0.244 e. The average Bonchev–Trinajstić information content (AvgIpc) is 3.17. The van der Waals surface area contributed by atoms with E-state index in [2.05, 4.69) is 41.3 Å². The minimum atomic E-state index is 0.0514. The zero-order valence-corrected chi connectivity index (χ0v) is 21.1. The molecule has 4 N–H and O–H groups in total. The monoisotopic (exact) mass is 502 g/mol. The van der Waals surface area contributed by atoms with Gasteiger partial charge in [0.15, 0.2) is 5.82 Å². The lowest BCUT2D eigenvalue weighted by Crippen LogP contribution is -2.29. The molecule has 0 saturated heterocycles. The number of nitrogens with zero attached hydrogens (tertiary/aromatic N) is 7. The molecule has 0 spiro atoms. The average molecular weight is 503 g/mol. The van der Waals surface area contributed by atoms with Crippen LogP contribution in [0.2, 0.25) is 0 Å². The van der Waals surface area contributed by atoms with Crippen molar-refractivity contribution in [2.24, 2.45) is 0 Å². The minimum absolute atomic E-state index is 0.0514. The number of carbonyl (C=O) groups excluding carboxylic acids is 1. The first-order valence-corrected chi connectivity index (χ1v) is 12.4. The van der Waals surface area contributed by atoms with E-state index in [1.165, 1.54) is 0 Å². The number of rotatable bonds is 3. The van der Waals surface area contributed by atoms with Crippen molar-refractivity contribution in [2.45, 2.75) is 26.4 Å². The number of amides is 1. The summed E-state index contributed by atoms with van der Waals surface area (Å²) in [6.45, 7) is 3.75. The van der Waals surface area contributed by atoms with Crippen molar-refractivity contribution in [1.29, 1.82) is 0 Å². The number of aromatic nitrogens is 5. The maximum absolute atomic E-state index is 12.2. The fourth-order valence-electron chi connectivity index (χ4n) is 4.56. The SMILES string of the molecule is Cc1c(-c2cc3cc(Nc4cc5n(n4)CC(=O)N(C)CC5)ncc3c(N)n2)cnc2c1NSN(C)C2. The fourth-order valence-corrected chi connectivity index (χ4v) is 5.26. The van der Waals surface area contributed by atoms with Gasteiger partial charge in [0.2, 0.25) is 5.91 Å². The van der Waals surface area contributed by atoms with Gasteiger partial charge >= 0.3 is 0 Å². The van der Waals surface area contributed by atoms with Crippen LogP contribution in [0.3, 0.4) is 0 Å².